The fourth-order valence-electron chi connectivity index (χ4n) is 10.4. The van der Waals surface area contributed by atoms with Gasteiger partial charge in [-0.15, -0.1) is 0 Å². The minimum Gasteiger partial charge on any atom is -0.550 e. The van der Waals surface area contributed by atoms with Gasteiger partial charge in [0.25, 0.3) is 0 Å². The fourth-order valence-corrected chi connectivity index (χ4v) is 10.4. The molecule has 0 unspecified atom stereocenters. The first kappa shape index (κ1) is 98.7. The number of fused-ring (bicyclic) bond motifs is 63. The Hall–Kier alpha value is -4.26. The third-order valence-electron chi connectivity index (χ3n) is 16.7. The topological polar surface area (TPSA) is 506 Å². The normalized spacial score (nSPS) is 25.3. The Bertz CT molecular complexity index is 1670. The molecule has 0 amide bonds. The number of nitrogens with one attached hydrogen (secondary N) is 6. The summed E-state index contributed by atoms with van der Waals surface area (Å²) >= 11 is 0. The van der Waals surface area contributed by atoms with Gasteiger partial charge in [0.15, 0.2) is 0 Å². The molecule has 9 fully saturated rings. The van der Waals surface area contributed by atoms with E-state index in [4.69, 9.17) is 95.5 Å². The molecule has 0 aromatic heterocycles. The van der Waals surface area contributed by atoms with Crippen molar-refractivity contribution in [3.63, 3.8) is 0 Å². The second kappa shape index (κ2) is 67.8. The Kier molecular flexibility index (Phi) is 63.8. The molecule has 0 aromatic rings. The Morgan fingerprint density at radius 2 is 0.286 bits per heavy atom. The summed E-state index contributed by atoms with van der Waals surface area (Å²) in [7, 11) is 0. The van der Waals surface area contributed by atoms with Gasteiger partial charge in [-0.05, 0) is 0 Å². The summed E-state index contributed by atoms with van der Waals surface area (Å²) in [4.78, 5) is 68.6. The second-order valence-corrected chi connectivity index (χ2v) is 24.9. The molecular formula is C66H126N6O33. The average Bonchev–Trinajstić information content (AvgIpc) is 0.873. The van der Waals surface area contributed by atoms with E-state index in [1.807, 2.05) is 0 Å². The average molecular weight is 1530 g/mol. The lowest BCUT2D eigenvalue weighted by Crippen LogP contribution is -3.13. The smallest absolute Gasteiger partial charge is 0.114 e. The van der Waals surface area contributed by atoms with Crippen LogP contribution < -0.4 is 60.0 Å². The minimum atomic E-state index is -2.97. The lowest BCUT2D eigenvalue weighted by atomic mass is 9.96. The molecule has 9 rings (SSSR count). The predicted molar refractivity (Wildman–Crippen MR) is 350 cm³/mol. The van der Waals surface area contributed by atoms with Crippen molar-refractivity contribution in [2.75, 3.05) is 356 Å². The highest BCUT2D eigenvalue weighted by Gasteiger charge is 2.30. The molecule has 39 heteroatoms. The van der Waals surface area contributed by atoms with Crippen LogP contribution in [0, 0.1) is 0 Å². The molecule has 618 valence electrons. The van der Waals surface area contributed by atoms with Crippen LogP contribution in [0.5, 0.6) is 0 Å². The van der Waals surface area contributed by atoms with Crippen LogP contribution in [-0.2, 0) is 114 Å². The van der Waals surface area contributed by atoms with E-state index in [1.54, 1.807) is 0 Å². The highest BCUT2D eigenvalue weighted by Crippen LogP contribution is 2.14. The van der Waals surface area contributed by atoms with Gasteiger partial charge in [-0.1, -0.05) is 0 Å². The number of rotatable bonds is 10. The van der Waals surface area contributed by atoms with E-state index in [0.29, 0.717) is 119 Å². The first-order valence-corrected chi connectivity index (χ1v) is 36.5. The monoisotopic (exact) mass is 1530 g/mol. The summed E-state index contributed by atoms with van der Waals surface area (Å²) in [6.07, 6.45) is -5.43. The standard InChI is InChI=1S/3C18H36N2O6.2C6H8O7.H2O/c3*1-7-21-13-14-24-10-4-20-5-11-25-17-15-22-8-2-19(1)3-9-23-16-18-26-12-6-20;2*7-3(8)1-6(13,5(11)12)2-4(9)10;/h3*1-18H2;2*13H,1-2H2,(H,7,8)(H,9,10)(H,11,12);1H2. The maximum Gasteiger partial charge on any atom is 0.114 e. The predicted octanol–water partition coefficient (Wildman–Crippen LogP) is -20.7. The number of hydrogen-bond donors (Lipinski definition) is 8. The van der Waals surface area contributed by atoms with Crippen molar-refractivity contribution in [3.05, 3.63) is 0 Å². The maximum absolute atomic E-state index is 10.1. The summed E-state index contributed by atoms with van der Waals surface area (Å²) in [5.74, 6) is -12.0. The van der Waals surface area contributed by atoms with Crippen LogP contribution >= 0.6 is 0 Å². The number of carboxylic acids is 6. The molecule has 0 atom stereocenters. The van der Waals surface area contributed by atoms with Gasteiger partial charge >= 0.3 is 0 Å². The van der Waals surface area contributed by atoms with Crippen molar-refractivity contribution in [3.8, 4) is 0 Å². The summed E-state index contributed by atoms with van der Waals surface area (Å²) in [5, 5.41) is 77.9. The number of aliphatic carboxylic acids is 6. The summed E-state index contributed by atoms with van der Waals surface area (Å²) in [6.45, 7) is 42.3. The Labute approximate surface area is 616 Å². The third-order valence-corrected chi connectivity index (χ3v) is 16.7. The van der Waals surface area contributed by atoms with Crippen LogP contribution in [0.25, 0.3) is 0 Å². The van der Waals surface area contributed by atoms with Gasteiger partial charge in [-0.2, -0.15) is 0 Å². The van der Waals surface area contributed by atoms with Crippen molar-refractivity contribution in [1.29, 1.82) is 0 Å². The molecule has 9 saturated heterocycles. The molecule has 39 nitrogen and oxygen atoms in total. The molecule has 0 aromatic carbocycles. The van der Waals surface area contributed by atoms with Crippen LogP contribution in [0.4, 0.5) is 0 Å². The molecule has 0 spiro atoms. The van der Waals surface area contributed by atoms with Crippen molar-refractivity contribution >= 4 is 35.8 Å². The minimum absolute atomic E-state index is 0. The van der Waals surface area contributed by atoms with Gasteiger partial charge in [0, 0.05) is 49.6 Å². The van der Waals surface area contributed by atoms with Crippen LogP contribution in [0.3, 0.4) is 0 Å². The molecule has 9 aliphatic rings. The van der Waals surface area contributed by atoms with Crippen molar-refractivity contribution in [2.24, 2.45) is 0 Å². The van der Waals surface area contributed by atoms with E-state index < -0.39 is 72.7 Å². The number of hydrogen-bond acceptors (Lipinski definition) is 32. The zero-order valence-corrected chi connectivity index (χ0v) is 61.7. The van der Waals surface area contributed by atoms with Crippen LogP contribution in [0.1, 0.15) is 25.7 Å². The van der Waals surface area contributed by atoms with Crippen molar-refractivity contribution in [2.45, 2.75) is 36.9 Å². The van der Waals surface area contributed by atoms with Crippen molar-refractivity contribution < 1.29 is 190 Å². The van der Waals surface area contributed by atoms with E-state index in [0.717, 1.165) is 237 Å². The first-order valence-electron chi connectivity index (χ1n) is 36.5. The van der Waals surface area contributed by atoms with E-state index in [9.17, 15) is 59.4 Å². The summed E-state index contributed by atoms with van der Waals surface area (Å²) in [5.41, 5.74) is -5.95. The molecule has 0 aliphatic carbocycles. The van der Waals surface area contributed by atoms with Crippen LogP contribution in [0.2, 0.25) is 0 Å². The molecule has 9 aliphatic heterocycles. The Morgan fingerprint density at radius 1 is 0.200 bits per heavy atom. The van der Waals surface area contributed by atoms with Gasteiger partial charge in [0.05, 0.1) is 250 Å². The van der Waals surface area contributed by atoms with E-state index in [2.05, 4.69) is 0 Å². The number of carbonyl (C=O) groups excluding carboxylic acids is 6. The largest absolute Gasteiger partial charge is 0.550 e. The first-order chi connectivity index (χ1) is 50.4. The van der Waals surface area contributed by atoms with Crippen LogP contribution in [0.15, 0.2) is 0 Å². The highest BCUT2D eigenvalue weighted by molar-refractivity contribution is 5.86. The van der Waals surface area contributed by atoms with Gasteiger partial charge in [0.1, 0.15) is 129 Å². The highest BCUT2D eigenvalue weighted by atomic mass is 16.6. The van der Waals surface area contributed by atoms with Gasteiger partial charge in [-0.25, -0.2) is 0 Å². The zero-order chi connectivity index (χ0) is 75.7. The molecular weight excluding hydrogens is 1400 g/mol. The molecule has 9 heterocycles. The number of carboxylic acid groups (broad SMARTS) is 6. The number of carbonyl (C=O) groups is 6. The van der Waals surface area contributed by atoms with Crippen molar-refractivity contribution in [1.82, 2.24) is 0 Å². The molecule has 6 bridgehead atoms. The van der Waals surface area contributed by atoms with Gasteiger partial charge < -0.3 is 190 Å². The lowest BCUT2D eigenvalue weighted by Gasteiger charge is -2.29. The summed E-state index contributed by atoms with van der Waals surface area (Å²) in [6, 6.07) is 0. The Balaban J connectivity index is 0.000000675. The van der Waals surface area contributed by atoms with Gasteiger partial charge in [-0.3, -0.25) is 0 Å². The van der Waals surface area contributed by atoms with E-state index >= 15 is 0 Å². The second-order valence-electron chi connectivity index (χ2n) is 24.9. The van der Waals surface area contributed by atoms with E-state index in [-0.39, 0.29) is 5.48 Å². The molecule has 0 radical (unpaired) electrons. The fraction of sp³-hybridized carbons (Fsp3) is 0.909. The summed E-state index contributed by atoms with van der Waals surface area (Å²) < 4.78 is 103. The number of quaternary nitrogens is 6. The maximum atomic E-state index is 10.1. The molecule has 0 saturated carbocycles. The van der Waals surface area contributed by atoms with Gasteiger partial charge in [0.2, 0.25) is 0 Å². The Morgan fingerprint density at radius 3 is 0.352 bits per heavy atom. The van der Waals surface area contributed by atoms with E-state index in [1.165, 1.54) is 29.4 Å². The third kappa shape index (κ3) is 59.3. The number of aliphatic hydroxyl groups is 2. The quantitative estimate of drug-likeness (QED) is 0.101. The van der Waals surface area contributed by atoms with Crippen LogP contribution in [-0.4, -0.2) is 418 Å². The number of ether oxygens (including phenoxy) is 18. The zero-order valence-electron chi connectivity index (χ0n) is 61.7. The molecule has 105 heavy (non-hydrogen) atoms. The SMILES string of the molecule is C1COCC[NH+]2CCOCCOCC[NH+](CCO1)CCOCCOCC2.C1COCC[NH+]2CCOCCOCC[NH+](CCO1)CCOCCOCC2.C1COCC[NH+]2CCOCCOCC[NH+](CCO1)CCOCCOCC2.O.O=C([O-])CC(O)(CC(=O)[O-])C(=O)[O-].O=C([O-])CC(O)(CC(=O)[O-])C(=O)[O-]. The lowest BCUT2D eigenvalue weighted by molar-refractivity contribution is -0.902. The molecule has 10 N–H and O–H groups in total.